The van der Waals surface area contributed by atoms with Gasteiger partial charge in [-0.1, -0.05) is 19.4 Å². The van der Waals surface area contributed by atoms with Crippen LogP contribution in [0.15, 0.2) is 11.8 Å². The van der Waals surface area contributed by atoms with E-state index in [1.54, 1.807) is 6.20 Å². The van der Waals surface area contributed by atoms with Crippen molar-refractivity contribution in [1.82, 2.24) is 10.6 Å². The number of rotatable bonds is 2. The van der Waals surface area contributed by atoms with Crippen LogP contribution < -0.4 is 10.6 Å². The molecule has 0 saturated carbocycles. The van der Waals surface area contributed by atoms with Gasteiger partial charge in [0.15, 0.2) is 0 Å². The standard InChI is InChI=1S/C11H22N2O/c1-8(2)9(3)7-12-10(14)13-11(4,5)6/h7-8H,1-6H3,(H2,12,13,14)/b9-7+. The molecule has 0 aromatic rings. The molecule has 0 fully saturated rings. The third-order valence-electron chi connectivity index (χ3n) is 1.83. The molecule has 0 spiro atoms. The predicted octanol–water partition coefficient (Wildman–Crippen LogP) is 2.64. The summed E-state index contributed by atoms with van der Waals surface area (Å²) in [6.07, 6.45) is 1.76. The Bertz CT molecular complexity index is 224. The normalized spacial score (nSPS) is 12.9. The fourth-order valence-electron chi connectivity index (χ4n) is 0.723. The Morgan fingerprint density at radius 2 is 1.79 bits per heavy atom. The molecule has 0 unspecified atom stereocenters. The highest BCUT2D eigenvalue weighted by Crippen LogP contribution is 2.05. The molecule has 0 bridgehead atoms. The number of carbonyl (C=O) groups is 1. The molecule has 0 radical (unpaired) electrons. The van der Waals surface area contributed by atoms with E-state index in [-0.39, 0.29) is 11.6 Å². The fraction of sp³-hybridized carbons (Fsp3) is 0.727. The minimum atomic E-state index is -0.191. The van der Waals surface area contributed by atoms with Gasteiger partial charge in [-0.15, -0.1) is 0 Å². The van der Waals surface area contributed by atoms with Crippen molar-refractivity contribution in [1.29, 1.82) is 0 Å². The summed E-state index contributed by atoms with van der Waals surface area (Å²) in [5.74, 6) is 0.463. The molecule has 82 valence electrons. The van der Waals surface area contributed by atoms with Crippen molar-refractivity contribution in [2.45, 2.75) is 47.1 Å². The maximum atomic E-state index is 11.3. The highest BCUT2D eigenvalue weighted by atomic mass is 16.2. The molecule has 0 heterocycles. The number of nitrogens with one attached hydrogen (secondary N) is 2. The first kappa shape index (κ1) is 13.0. The lowest BCUT2D eigenvalue weighted by molar-refractivity contribution is 0.235. The van der Waals surface area contributed by atoms with Crippen molar-refractivity contribution in [3.63, 3.8) is 0 Å². The smallest absolute Gasteiger partial charge is 0.319 e. The van der Waals surface area contributed by atoms with Crippen LogP contribution in [-0.4, -0.2) is 11.6 Å². The quantitative estimate of drug-likeness (QED) is 0.703. The van der Waals surface area contributed by atoms with Crippen molar-refractivity contribution in [2.24, 2.45) is 5.92 Å². The molecule has 0 aromatic carbocycles. The molecule has 2 N–H and O–H groups in total. The molecule has 0 atom stereocenters. The first-order valence-corrected chi connectivity index (χ1v) is 4.97. The maximum Gasteiger partial charge on any atom is 0.319 e. The number of hydrogen-bond donors (Lipinski definition) is 2. The fourth-order valence-corrected chi connectivity index (χ4v) is 0.723. The number of carbonyl (C=O) groups excluding carboxylic acids is 1. The maximum absolute atomic E-state index is 11.3. The van der Waals surface area contributed by atoms with Crippen LogP contribution in [0.25, 0.3) is 0 Å². The Balaban J connectivity index is 4.04. The number of hydrogen-bond acceptors (Lipinski definition) is 1. The molecule has 2 amide bonds. The van der Waals surface area contributed by atoms with Crippen LogP contribution in [0.3, 0.4) is 0 Å². The molecular weight excluding hydrogens is 176 g/mol. The van der Waals surface area contributed by atoms with Crippen molar-refractivity contribution in [3.05, 3.63) is 11.8 Å². The number of allylic oxidation sites excluding steroid dienone is 1. The van der Waals surface area contributed by atoms with Gasteiger partial charge in [0.2, 0.25) is 0 Å². The zero-order chi connectivity index (χ0) is 11.4. The summed E-state index contributed by atoms with van der Waals surface area (Å²) in [7, 11) is 0. The van der Waals surface area contributed by atoms with E-state index >= 15 is 0 Å². The highest BCUT2D eigenvalue weighted by molar-refractivity contribution is 5.75. The van der Waals surface area contributed by atoms with E-state index in [1.165, 1.54) is 0 Å². The third-order valence-corrected chi connectivity index (χ3v) is 1.83. The summed E-state index contributed by atoms with van der Waals surface area (Å²) < 4.78 is 0. The van der Waals surface area contributed by atoms with Crippen molar-refractivity contribution in [2.75, 3.05) is 0 Å². The van der Waals surface area contributed by atoms with Crippen LogP contribution in [0, 0.1) is 5.92 Å². The van der Waals surface area contributed by atoms with Crippen molar-refractivity contribution < 1.29 is 4.79 Å². The first-order chi connectivity index (χ1) is 6.22. The summed E-state index contributed by atoms with van der Waals surface area (Å²) in [6, 6.07) is -0.155. The van der Waals surface area contributed by atoms with Crippen LogP contribution in [0.2, 0.25) is 0 Å². The van der Waals surface area contributed by atoms with E-state index in [1.807, 2.05) is 27.7 Å². The molecule has 0 aliphatic carbocycles. The second-order valence-electron chi connectivity index (χ2n) is 4.89. The average molecular weight is 198 g/mol. The van der Waals surface area contributed by atoms with Gasteiger partial charge in [0.1, 0.15) is 0 Å². The molecular formula is C11H22N2O. The molecule has 0 aliphatic rings. The lowest BCUT2D eigenvalue weighted by atomic mass is 10.1. The third kappa shape index (κ3) is 6.52. The van der Waals surface area contributed by atoms with Gasteiger partial charge < -0.3 is 10.6 Å². The molecule has 0 aromatic heterocycles. The van der Waals surface area contributed by atoms with Gasteiger partial charge in [0.05, 0.1) is 0 Å². The second-order valence-corrected chi connectivity index (χ2v) is 4.89. The van der Waals surface area contributed by atoms with Gasteiger partial charge in [0.25, 0.3) is 0 Å². The topological polar surface area (TPSA) is 41.1 Å². The van der Waals surface area contributed by atoms with Crippen LogP contribution in [0.5, 0.6) is 0 Å². The Labute approximate surface area is 87.0 Å². The van der Waals surface area contributed by atoms with Gasteiger partial charge in [-0.25, -0.2) is 4.79 Å². The lowest BCUT2D eigenvalue weighted by Gasteiger charge is -2.20. The van der Waals surface area contributed by atoms with E-state index in [4.69, 9.17) is 0 Å². The predicted molar refractivity (Wildman–Crippen MR) is 60.0 cm³/mol. The minimum Gasteiger partial charge on any atom is -0.333 e. The summed E-state index contributed by atoms with van der Waals surface area (Å²) in [5.41, 5.74) is 0.970. The van der Waals surface area contributed by atoms with Crippen molar-refractivity contribution >= 4 is 6.03 Å². The molecule has 0 rings (SSSR count). The van der Waals surface area contributed by atoms with Crippen LogP contribution in [-0.2, 0) is 0 Å². The summed E-state index contributed by atoms with van der Waals surface area (Å²) >= 11 is 0. The van der Waals surface area contributed by atoms with E-state index in [0.29, 0.717) is 5.92 Å². The molecule has 14 heavy (non-hydrogen) atoms. The summed E-state index contributed by atoms with van der Waals surface area (Å²) in [4.78, 5) is 11.3. The lowest BCUT2D eigenvalue weighted by Crippen LogP contribution is -2.45. The van der Waals surface area contributed by atoms with Gasteiger partial charge in [-0.2, -0.15) is 0 Å². The number of urea groups is 1. The Morgan fingerprint density at radius 3 is 2.14 bits per heavy atom. The molecule has 3 nitrogen and oxygen atoms in total. The van der Waals surface area contributed by atoms with E-state index in [2.05, 4.69) is 24.5 Å². The second kappa shape index (κ2) is 5.03. The average Bonchev–Trinajstić information content (AvgIpc) is 1.96. The SMILES string of the molecule is C/C(=C\NC(=O)NC(C)(C)C)C(C)C. The van der Waals surface area contributed by atoms with E-state index in [9.17, 15) is 4.79 Å². The Kier molecular flexibility index (Phi) is 4.68. The van der Waals surface area contributed by atoms with E-state index in [0.717, 1.165) is 5.57 Å². The molecule has 0 saturated heterocycles. The summed E-state index contributed by atoms with van der Waals surface area (Å²) in [6.45, 7) is 12.0. The zero-order valence-electron chi connectivity index (χ0n) is 10.1. The van der Waals surface area contributed by atoms with Gasteiger partial charge >= 0.3 is 6.03 Å². The van der Waals surface area contributed by atoms with Gasteiger partial charge in [0, 0.05) is 11.7 Å². The van der Waals surface area contributed by atoms with Crippen LogP contribution >= 0.6 is 0 Å². The summed E-state index contributed by atoms with van der Waals surface area (Å²) in [5, 5.41) is 5.53. The van der Waals surface area contributed by atoms with E-state index < -0.39 is 0 Å². The zero-order valence-corrected chi connectivity index (χ0v) is 10.1. The van der Waals surface area contributed by atoms with Gasteiger partial charge in [-0.3, -0.25) is 0 Å². The van der Waals surface area contributed by atoms with Gasteiger partial charge in [-0.05, 0) is 33.6 Å². The monoisotopic (exact) mass is 198 g/mol. The Hall–Kier alpha value is -0.990. The van der Waals surface area contributed by atoms with Crippen molar-refractivity contribution in [3.8, 4) is 0 Å². The highest BCUT2D eigenvalue weighted by Gasteiger charge is 2.12. The van der Waals surface area contributed by atoms with Crippen LogP contribution in [0.4, 0.5) is 4.79 Å². The Morgan fingerprint density at radius 1 is 1.29 bits per heavy atom. The first-order valence-electron chi connectivity index (χ1n) is 4.97. The largest absolute Gasteiger partial charge is 0.333 e. The van der Waals surface area contributed by atoms with Crippen LogP contribution in [0.1, 0.15) is 41.5 Å². The number of amides is 2. The molecule has 0 aliphatic heterocycles. The minimum absolute atomic E-state index is 0.155. The molecule has 3 heteroatoms.